The number of aromatic nitrogens is 5. The Bertz CT molecular complexity index is 683. The van der Waals surface area contributed by atoms with Crippen molar-refractivity contribution in [1.29, 1.82) is 0 Å². The smallest absolute Gasteiger partial charge is 0.226 e. The summed E-state index contributed by atoms with van der Waals surface area (Å²) in [5.74, 6) is 0.325. The molecule has 0 radical (unpaired) electrons. The first-order chi connectivity index (χ1) is 10.6. The number of fused-ring (bicyclic) bond motifs is 1. The number of carbonyl (C=O) groups is 1. The van der Waals surface area contributed by atoms with Crippen LogP contribution in [0.1, 0.15) is 12.8 Å². The van der Waals surface area contributed by atoms with Crippen molar-refractivity contribution < 1.29 is 9.53 Å². The summed E-state index contributed by atoms with van der Waals surface area (Å²) >= 11 is 6.03. The summed E-state index contributed by atoms with van der Waals surface area (Å²) in [5, 5.41) is 8.39. The van der Waals surface area contributed by atoms with E-state index in [0.717, 1.165) is 13.1 Å². The number of ether oxygens (including phenoxy) is 1. The van der Waals surface area contributed by atoms with Crippen LogP contribution in [0.2, 0.25) is 5.28 Å². The Labute approximate surface area is 131 Å². The van der Waals surface area contributed by atoms with E-state index >= 15 is 0 Å². The summed E-state index contributed by atoms with van der Waals surface area (Å²) in [4.78, 5) is 21.4. The lowest BCUT2D eigenvalue weighted by Crippen LogP contribution is -2.37. The second kappa shape index (κ2) is 6.41. The van der Waals surface area contributed by atoms with Crippen molar-refractivity contribution >= 4 is 34.5 Å². The number of nitrogens with zero attached hydrogens (tertiary/aromatic N) is 6. The fourth-order valence-electron chi connectivity index (χ4n) is 2.37. The molecule has 0 unspecified atom stereocenters. The number of nitrogens with two attached hydrogens (primary N) is 1. The molecule has 118 valence electrons. The number of anilines is 1. The zero-order valence-electron chi connectivity index (χ0n) is 11.9. The third-order valence-electron chi connectivity index (χ3n) is 3.42. The minimum atomic E-state index is -0.342. The number of primary amides is 1. The topological polar surface area (TPSA) is 112 Å². The maximum absolute atomic E-state index is 10.8. The molecule has 3 heterocycles. The van der Waals surface area contributed by atoms with Crippen LogP contribution in [0.4, 0.5) is 5.82 Å². The van der Waals surface area contributed by atoms with Gasteiger partial charge in [-0.25, -0.2) is 4.68 Å². The summed E-state index contributed by atoms with van der Waals surface area (Å²) in [6.45, 7) is 3.20. The van der Waals surface area contributed by atoms with Gasteiger partial charge >= 0.3 is 0 Å². The zero-order valence-corrected chi connectivity index (χ0v) is 12.7. The summed E-state index contributed by atoms with van der Waals surface area (Å²) in [6, 6.07) is 0. The molecule has 0 aliphatic carbocycles. The summed E-state index contributed by atoms with van der Waals surface area (Å²) in [6.07, 6.45) is 0.860. The Morgan fingerprint density at radius 1 is 1.32 bits per heavy atom. The Morgan fingerprint density at radius 3 is 2.82 bits per heavy atom. The van der Waals surface area contributed by atoms with Crippen molar-refractivity contribution in [2.45, 2.75) is 19.4 Å². The van der Waals surface area contributed by atoms with Gasteiger partial charge in [0.1, 0.15) is 0 Å². The number of morpholine rings is 1. The average Bonchev–Trinajstić information content (AvgIpc) is 2.90. The zero-order chi connectivity index (χ0) is 15.5. The molecule has 0 bridgehead atoms. The molecular weight excluding hydrogens is 310 g/mol. The normalized spacial score (nSPS) is 15.4. The van der Waals surface area contributed by atoms with Gasteiger partial charge in [0.25, 0.3) is 0 Å². The molecule has 2 N–H and O–H groups in total. The first kappa shape index (κ1) is 14.9. The van der Waals surface area contributed by atoms with Crippen molar-refractivity contribution in [2.24, 2.45) is 5.73 Å². The van der Waals surface area contributed by atoms with Crippen molar-refractivity contribution in [3.8, 4) is 0 Å². The molecule has 10 heteroatoms. The molecule has 3 rings (SSSR count). The number of rotatable bonds is 5. The standard InChI is InChI=1S/C12H16ClN7O2/c13-12-15-10(19-4-6-22-7-5-19)9-11(16-12)20(18-17-9)3-1-2-8(14)21/h1-7H2,(H2,14,21). The molecule has 0 aromatic carbocycles. The van der Waals surface area contributed by atoms with E-state index in [2.05, 4.69) is 25.2 Å². The molecule has 1 aliphatic heterocycles. The Hall–Kier alpha value is -2.00. The molecule has 0 saturated carbocycles. The molecule has 1 amide bonds. The molecule has 1 aliphatic rings. The second-order valence-electron chi connectivity index (χ2n) is 4.97. The lowest BCUT2D eigenvalue weighted by atomic mass is 10.3. The number of aryl methyl sites for hydroxylation is 1. The Kier molecular flexibility index (Phi) is 4.34. The second-order valence-corrected chi connectivity index (χ2v) is 5.31. The van der Waals surface area contributed by atoms with E-state index in [-0.39, 0.29) is 17.6 Å². The van der Waals surface area contributed by atoms with Crippen LogP contribution in [-0.4, -0.2) is 57.2 Å². The third-order valence-corrected chi connectivity index (χ3v) is 3.59. The lowest BCUT2D eigenvalue weighted by Gasteiger charge is -2.27. The number of amides is 1. The Morgan fingerprint density at radius 2 is 2.09 bits per heavy atom. The van der Waals surface area contributed by atoms with Crippen LogP contribution >= 0.6 is 11.6 Å². The number of hydrogen-bond donors (Lipinski definition) is 1. The molecule has 2 aromatic rings. The monoisotopic (exact) mass is 325 g/mol. The fourth-order valence-corrected chi connectivity index (χ4v) is 2.53. The van der Waals surface area contributed by atoms with Gasteiger partial charge in [0.15, 0.2) is 17.0 Å². The van der Waals surface area contributed by atoms with Crippen LogP contribution in [0.3, 0.4) is 0 Å². The molecule has 0 atom stereocenters. The van der Waals surface area contributed by atoms with E-state index in [1.807, 2.05) is 0 Å². The van der Waals surface area contributed by atoms with Gasteiger partial charge in [0.2, 0.25) is 11.2 Å². The van der Waals surface area contributed by atoms with Gasteiger partial charge in [0, 0.05) is 26.1 Å². The van der Waals surface area contributed by atoms with Crippen molar-refractivity contribution in [1.82, 2.24) is 25.0 Å². The maximum Gasteiger partial charge on any atom is 0.226 e. The number of halogens is 1. The predicted molar refractivity (Wildman–Crippen MR) is 79.6 cm³/mol. The maximum atomic E-state index is 10.8. The van der Waals surface area contributed by atoms with E-state index in [1.165, 1.54) is 0 Å². The molecular formula is C12H16ClN7O2. The van der Waals surface area contributed by atoms with Crippen LogP contribution in [0.5, 0.6) is 0 Å². The van der Waals surface area contributed by atoms with Crippen molar-refractivity contribution in [3.63, 3.8) is 0 Å². The first-order valence-electron chi connectivity index (χ1n) is 7.03. The predicted octanol–water partition coefficient (Wildman–Crippen LogP) is -0.0232. The van der Waals surface area contributed by atoms with Crippen LogP contribution in [0, 0.1) is 0 Å². The molecule has 0 spiro atoms. The van der Waals surface area contributed by atoms with Gasteiger partial charge in [-0.05, 0) is 18.0 Å². The summed E-state index contributed by atoms with van der Waals surface area (Å²) in [7, 11) is 0. The minimum Gasteiger partial charge on any atom is -0.378 e. The number of carbonyl (C=O) groups excluding carboxylic acids is 1. The van der Waals surface area contributed by atoms with Crippen LogP contribution < -0.4 is 10.6 Å². The Balaban J connectivity index is 1.90. The SMILES string of the molecule is NC(=O)CCCn1nnc2c(N3CCOCC3)nc(Cl)nc21. The molecule has 1 fully saturated rings. The summed E-state index contributed by atoms with van der Waals surface area (Å²) in [5.41, 5.74) is 6.30. The molecule has 1 saturated heterocycles. The van der Waals surface area contributed by atoms with Gasteiger partial charge in [0.05, 0.1) is 13.2 Å². The van der Waals surface area contributed by atoms with Crippen molar-refractivity contribution in [3.05, 3.63) is 5.28 Å². The van der Waals surface area contributed by atoms with Gasteiger partial charge in [-0.3, -0.25) is 4.79 Å². The fraction of sp³-hybridized carbons (Fsp3) is 0.583. The minimum absolute atomic E-state index is 0.146. The highest BCUT2D eigenvalue weighted by molar-refractivity contribution is 6.28. The highest BCUT2D eigenvalue weighted by Gasteiger charge is 2.20. The van der Waals surface area contributed by atoms with E-state index in [9.17, 15) is 4.79 Å². The van der Waals surface area contributed by atoms with Crippen LogP contribution in [-0.2, 0) is 16.1 Å². The lowest BCUT2D eigenvalue weighted by molar-refractivity contribution is -0.118. The van der Waals surface area contributed by atoms with E-state index in [0.29, 0.717) is 43.2 Å². The van der Waals surface area contributed by atoms with E-state index in [1.54, 1.807) is 4.68 Å². The van der Waals surface area contributed by atoms with Gasteiger partial charge in [-0.1, -0.05) is 5.21 Å². The largest absolute Gasteiger partial charge is 0.378 e. The van der Waals surface area contributed by atoms with Crippen molar-refractivity contribution in [2.75, 3.05) is 31.2 Å². The van der Waals surface area contributed by atoms with Crippen LogP contribution in [0.25, 0.3) is 11.2 Å². The number of hydrogen-bond acceptors (Lipinski definition) is 7. The van der Waals surface area contributed by atoms with Gasteiger partial charge in [-0.2, -0.15) is 9.97 Å². The van der Waals surface area contributed by atoms with E-state index in [4.69, 9.17) is 22.1 Å². The van der Waals surface area contributed by atoms with E-state index < -0.39 is 0 Å². The molecule has 22 heavy (non-hydrogen) atoms. The summed E-state index contributed by atoms with van der Waals surface area (Å²) < 4.78 is 6.96. The van der Waals surface area contributed by atoms with Gasteiger partial charge < -0.3 is 15.4 Å². The molecule has 9 nitrogen and oxygen atoms in total. The molecule has 2 aromatic heterocycles. The third kappa shape index (κ3) is 3.09. The highest BCUT2D eigenvalue weighted by atomic mass is 35.5. The highest BCUT2D eigenvalue weighted by Crippen LogP contribution is 2.24. The quantitative estimate of drug-likeness (QED) is 0.768. The first-order valence-corrected chi connectivity index (χ1v) is 7.40. The van der Waals surface area contributed by atoms with Crippen LogP contribution in [0.15, 0.2) is 0 Å². The van der Waals surface area contributed by atoms with Gasteiger partial charge in [-0.15, -0.1) is 5.10 Å². The average molecular weight is 326 g/mol.